The number of hydrogen-bond acceptors (Lipinski definition) is 3. The molecule has 18 heavy (non-hydrogen) atoms. The van der Waals surface area contributed by atoms with Crippen LogP contribution >= 0.6 is 0 Å². The van der Waals surface area contributed by atoms with Crippen LogP contribution in [-0.2, 0) is 9.47 Å². The van der Waals surface area contributed by atoms with Gasteiger partial charge in [0.15, 0.2) is 0 Å². The Morgan fingerprint density at radius 3 is 2.67 bits per heavy atom. The molecular formula is C15H31NO2. The molecule has 0 saturated carbocycles. The molecule has 1 saturated heterocycles. The van der Waals surface area contributed by atoms with E-state index < -0.39 is 0 Å². The molecule has 108 valence electrons. The van der Waals surface area contributed by atoms with Crippen molar-refractivity contribution in [3.05, 3.63) is 0 Å². The van der Waals surface area contributed by atoms with Gasteiger partial charge in [0, 0.05) is 33.0 Å². The summed E-state index contributed by atoms with van der Waals surface area (Å²) in [5.41, 5.74) is 6.15. The second-order valence-electron chi connectivity index (χ2n) is 5.90. The predicted octanol–water partition coefficient (Wildman–Crippen LogP) is 2.97. The Bertz CT molecular complexity index is 193. The Morgan fingerprint density at radius 1 is 1.28 bits per heavy atom. The molecule has 0 bridgehead atoms. The highest BCUT2D eigenvalue weighted by Crippen LogP contribution is 2.21. The average Bonchev–Trinajstić information content (AvgIpc) is 2.36. The van der Waals surface area contributed by atoms with Gasteiger partial charge in [0.2, 0.25) is 0 Å². The highest BCUT2D eigenvalue weighted by molar-refractivity contribution is 4.68. The molecule has 2 atom stereocenters. The first-order valence-electron chi connectivity index (χ1n) is 7.54. The maximum atomic E-state index is 6.15. The molecule has 3 heteroatoms. The first kappa shape index (κ1) is 15.9. The highest BCUT2D eigenvalue weighted by Gasteiger charge is 2.13. The van der Waals surface area contributed by atoms with E-state index in [0.29, 0.717) is 12.0 Å². The quantitative estimate of drug-likeness (QED) is 0.646. The van der Waals surface area contributed by atoms with Crippen molar-refractivity contribution in [1.29, 1.82) is 0 Å². The first-order chi connectivity index (χ1) is 8.72. The molecule has 1 aliphatic rings. The molecule has 1 aliphatic heterocycles. The van der Waals surface area contributed by atoms with Crippen molar-refractivity contribution in [3.8, 4) is 0 Å². The fraction of sp³-hybridized carbons (Fsp3) is 1.00. The number of ether oxygens (including phenoxy) is 2. The van der Waals surface area contributed by atoms with Crippen LogP contribution in [0.15, 0.2) is 0 Å². The minimum Gasteiger partial charge on any atom is -0.384 e. The van der Waals surface area contributed by atoms with Gasteiger partial charge in [0.25, 0.3) is 0 Å². The molecular weight excluding hydrogens is 226 g/mol. The van der Waals surface area contributed by atoms with E-state index >= 15 is 0 Å². The minimum absolute atomic E-state index is 0.352. The third-order valence-electron chi connectivity index (χ3n) is 3.93. The summed E-state index contributed by atoms with van der Waals surface area (Å²) >= 11 is 0. The lowest BCUT2D eigenvalue weighted by Crippen LogP contribution is -2.24. The smallest absolute Gasteiger partial charge is 0.0488 e. The Balaban J connectivity index is 1.95. The third-order valence-corrected chi connectivity index (χ3v) is 3.93. The number of rotatable bonds is 9. The number of nitrogens with two attached hydrogens (primary N) is 1. The predicted molar refractivity (Wildman–Crippen MR) is 75.6 cm³/mol. The topological polar surface area (TPSA) is 44.5 Å². The van der Waals surface area contributed by atoms with Crippen LogP contribution in [0.25, 0.3) is 0 Å². The van der Waals surface area contributed by atoms with Gasteiger partial charge in [-0.3, -0.25) is 0 Å². The van der Waals surface area contributed by atoms with Crippen LogP contribution in [0.4, 0.5) is 0 Å². The van der Waals surface area contributed by atoms with E-state index in [1.54, 1.807) is 7.11 Å². The summed E-state index contributed by atoms with van der Waals surface area (Å²) in [4.78, 5) is 0. The van der Waals surface area contributed by atoms with Crippen molar-refractivity contribution < 1.29 is 9.47 Å². The van der Waals surface area contributed by atoms with E-state index in [4.69, 9.17) is 15.2 Å². The lowest BCUT2D eigenvalue weighted by atomic mass is 9.92. The van der Waals surface area contributed by atoms with Crippen molar-refractivity contribution in [2.75, 3.05) is 26.9 Å². The van der Waals surface area contributed by atoms with Crippen molar-refractivity contribution >= 4 is 0 Å². The molecule has 1 heterocycles. The van der Waals surface area contributed by atoms with Gasteiger partial charge >= 0.3 is 0 Å². The Kier molecular flexibility index (Phi) is 8.64. The van der Waals surface area contributed by atoms with E-state index in [2.05, 4.69) is 6.92 Å². The van der Waals surface area contributed by atoms with Crippen LogP contribution in [0.2, 0.25) is 0 Å². The van der Waals surface area contributed by atoms with E-state index in [1.165, 1.54) is 32.1 Å². The summed E-state index contributed by atoms with van der Waals surface area (Å²) in [5, 5.41) is 0. The maximum absolute atomic E-state index is 6.15. The zero-order valence-corrected chi connectivity index (χ0v) is 12.2. The van der Waals surface area contributed by atoms with E-state index in [-0.39, 0.29) is 0 Å². The van der Waals surface area contributed by atoms with Gasteiger partial charge in [-0.15, -0.1) is 0 Å². The summed E-state index contributed by atoms with van der Waals surface area (Å²) in [6.07, 6.45) is 8.75. The van der Waals surface area contributed by atoms with E-state index in [9.17, 15) is 0 Å². The van der Waals surface area contributed by atoms with Crippen molar-refractivity contribution in [3.63, 3.8) is 0 Å². The molecule has 2 unspecified atom stereocenters. The van der Waals surface area contributed by atoms with Gasteiger partial charge < -0.3 is 15.2 Å². The van der Waals surface area contributed by atoms with Crippen LogP contribution in [0.3, 0.4) is 0 Å². The fourth-order valence-electron chi connectivity index (χ4n) is 2.86. The third kappa shape index (κ3) is 7.34. The van der Waals surface area contributed by atoms with Crippen LogP contribution in [0.1, 0.15) is 51.9 Å². The van der Waals surface area contributed by atoms with Crippen LogP contribution < -0.4 is 5.73 Å². The van der Waals surface area contributed by atoms with Gasteiger partial charge in [-0.1, -0.05) is 26.2 Å². The first-order valence-corrected chi connectivity index (χ1v) is 7.54. The minimum atomic E-state index is 0.352. The molecule has 0 aromatic rings. The Morgan fingerprint density at radius 2 is 2.00 bits per heavy atom. The van der Waals surface area contributed by atoms with E-state index in [0.717, 1.165) is 38.6 Å². The average molecular weight is 257 g/mol. The monoisotopic (exact) mass is 257 g/mol. The molecule has 1 rings (SSSR count). The maximum Gasteiger partial charge on any atom is 0.0488 e. The van der Waals surface area contributed by atoms with Crippen molar-refractivity contribution in [1.82, 2.24) is 0 Å². The molecule has 3 nitrogen and oxygen atoms in total. The SMILES string of the molecule is COCC(C)CC(N)CCCCC1CCOCC1. The molecule has 0 aromatic carbocycles. The summed E-state index contributed by atoms with van der Waals surface area (Å²) in [7, 11) is 1.76. The van der Waals surface area contributed by atoms with Gasteiger partial charge in [-0.2, -0.15) is 0 Å². The molecule has 1 fully saturated rings. The zero-order valence-electron chi connectivity index (χ0n) is 12.2. The molecule has 0 spiro atoms. The Labute approximate surface area is 112 Å². The van der Waals surface area contributed by atoms with Crippen molar-refractivity contribution in [2.24, 2.45) is 17.6 Å². The highest BCUT2D eigenvalue weighted by atomic mass is 16.5. The molecule has 0 aliphatic carbocycles. The molecule has 0 amide bonds. The van der Waals surface area contributed by atoms with Crippen LogP contribution in [-0.4, -0.2) is 33.0 Å². The summed E-state index contributed by atoms with van der Waals surface area (Å²) in [6, 6.07) is 0.352. The summed E-state index contributed by atoms with van der Waals surface area (Å²) in [6.45, 7) is 4.98. The van der Waals surface area contributed by atoms with Gasteiger partial charge in [-0.05, 0) is 37.5 Å². The van der Waals surface area contributed by atoms with Crippen LogP contribution in [0, 0.1) is 11.8 Å². The van der Waals surface area contributed by atoms with Crippen molar-refractivity contribution in [2.45, 2.75) is 57.9 Å². The number of hydrogen-bond donors (Lipinski definition) is 1. The van der Waals surface area contributed by atoms with Gasteiger partial charge in [-0.25, -0.2) is 0 Å². The standard InChI is InChI=1S/C15H31NO2/c1-13(12-17-2)11-15(16)6-4-3-5-14-7-9-18-10-8-14/h13-15H,3-12,16H2,1-2H3. The second-order valence-corrected chi connectivity index (χ2v) is 5.90. The summed E-state index contributed by atoms with van der Waals surface area (Å²) in [5.74, 6) is 1.49. The summed E-state index contributed by atoms with van der Waals surface area (Å²) < 4.78 is 10.5. The molecule has 2 N–H and O–H groups in total. The van der Waals surface area contributed by atoms with Gasteiger partial charge in [0.05, 0.1) is 0 Å². The lowest BCUT2D eigenvalue weighted by molar-refractivity contribution is 0.0630. The molecule has 0 aromatic heterocycles. The van der Waals surface area contributed by atoms with E-state index in [1.807, 2.05) is 0 Å². The van der Waals surface area contributed by atoms with Gasteiger partial charge in [0.1, 0.15) is 0 Å². The van der Waals surface area contributed by atoms with Crippen LogP contribution in [0.5, 0.6) is 0 Å². The molecule has 0 radical (unpaired) electrons. The second kappa shape index (κ2) is 9.76. The normalized spacial score (nSPS) is 20.8. The fourth-order valence-corrected chi connectivity index (χ4v) is 2.86. The number of unbranched alkanes of at least 4 members (excludes halogenated alkanes) is 1. The Hall–Kier alpha value is -0.120. The number of methoxy groups -OCH3 is 1. The lowest BCUT2D eigenvalue weighted by Gasteiger charge is -2.22. The largest absolute Gasteiger partial charge is 0.384 e. The zero-order chi connectivity index (χ0) is 13.2.